The topological polar surface area (TPSA) is 86.7 Å². The number of carbonyl (C=O) groups excluding carboxylic acids is 2. The summed E-state index contributed by atoms with van der Waals surface area (Å²) in [6, 6.07) is 7.01. The maximum Gasteiger partial charge on any atom is 0.308 e. The lowest BCUT2D eigenvalue weighted by Crippen LogP contribution is -2.42. The van der Waals surface area contributed by atoms with Crippen LogP contribution in [0.25, 0.3) is 0 Å². The number of hydrogen-bond acceptors (Lipinski definition) is 3. The fraction of sp³-hybridized carbons (Fsp3) is 0.438. The molecule has 1 atom stereocenters. The van der Waals surface area contributed by atoms with Crippen molar-refractivity contribution in [2.24, 2.45) is 5.92 Å². The molecular formula is C16H20N2O4. The molecule has 0 spiro atoms. The van der Waals surface area contributed by atoms with Crippen LogP contribution in [-0.2, 0) is 16.1 Å². The molecule has 2 N–H and O–H groups in total. The van der Waals surface area contributed by atoms with E-state index < -0.39 is 11.9 Å². The van der Waals surface area contributed by atoms with Crippen LogP contribution in [0.3, 0.4) is 0 Å². The molecule has 1 aromatic rings. The Morgan fingerprint density at radius 1 is 1.27 bits per heavy atom. The third kappa shape index (κ3) is 4.07. The summed E-state index contributed by atoms with van der Waals surface area (Å²) in [7, 11) is 0. The van der Waals surface area contributed by atoms with Crippen LogP contribution in [0.2, 0.25) is 0 Å². The van der Waals surface area contributed by atoms with Crippen molar-refractivity contribution in [3.05, 3.63) is 35.4 Å². The first-order valence-corrected chi connectivity index (χ1v) is 7.33. The molecule has 1 aliphatic rings. The Labute approximate surface area is 129 Å². The zero-order valence-electron chi connectivity index (χ0n) is 12.5. The van der Waals surface area contributed by atoms with E-state index in [2.05, 4.69) is 5.32 Å². The van der Waals surface area contributed by atoms with E-state index in [0.717, 1.165) is 5.56 Å². The maximum absolute atomic E-state index is 12.4. The summed E-state index contributed by atoms with van der Waals surface area (Å²) < 4.78 is 0. The zero-order valence-corrected chi connectivity index (χ0v) is 12.5. The molecule has 22 heavy (non-hydrogen) atoms. The first-order valence-electron chi connectivity index (χ1n) is 7.33. The molecule has 6 nitrogen and oxygen atoms in total. The second kappa shape index (κ2) is 7.06. The number of likely N-dealkylation sites (tertiary alicyclic amines) is 1. The minimum Gasteiger partial charge on any atom is -0.481 e. The van der Waals surface area contributed by atoms with E-state index in [9.17, 15) is 14.4 Å². The van der Waals surface area contributed by atoms with Gasteiger partial charge < -0.3 is 15.3 Å². The standard InChI is InChI=1S/C16H20N2O4/c1-11(19)17-9-12-4-6-13(7-5-12)15(20)18-8-2-3-14(10-18)16(21)22/h4-7,14H,2-3,8-10H2,1H3,(H,17,19)(H,21,22). The number of carbonyl (C=O) groups is 3. The van der Waals surface area contributed by atoms with Gasteiger partial charge in [-0.05, 0) is 30.5 Å². The van der Waals surface area contributed by atoms with E-state index in [0.29, 0.717) is 31.5 Å². The molecule has 2 rings (SSSR count). The molecule has 0 bridgehead atoms. The lowest BCUT2D eigenvalue weighted by molar-refractivity contribution is -0.143. The monoisotopic (exact) mass is 304 g/mol. The third-order valence-corrected chi connectivity index (χ3v) is 3.80. The summed E-state index contributed by atoms with van der Waals surface area (Å²) in [5, 5.41) is 11.8. The van der Waals surface area contributed by atoms with Gasteiger partial charge in [0.15, 0.2) is 0 Å². The van der Waals surface area contributed by atoms with Crippen LogP contribution in [0.1, 0.15) is 35.7 Å². The number of nitrogens with one attached hydrogen (secondary N) is 1. The Hall–Kier alpha value is -2.37. The van der Waals surface area contributed by atoms with Crippen molar-refractivity contribution in [2.75, 3.05) is 13.1 Å². The van der Waals surface area contributed by atoms with Gasteiger partial charge in [-0.25, -0.2) is 0 Å². The summed E-state index contributed by atoms with van der Waals surface area (Å²) in [6.07, 6.45) is 1.33. The number of amides is 2. The highest BCUT2D eigenvalue weighted by Gasteiger charge is 2.28. The van der Waals surface area contributed by atoms with Crippen molar-refractivity contribution < 1.29 is 19.5 Å². The fourth-order valence-corrected chi connectivity index (χ4v) is 2.54. The third-order valence-electron chi connectivity index (χ3n) is 3.80. The number of carboxylic acid groups (broad SMARTS) is 1. The van der Waals surface area contributed by atoms with Crippen molar-refractivity contribution in [2.45, 2.75) is 26.3 Å². The maximum atomic E-state index is 12.4. The smallest absolute Gasteiger partial charge is 0.308 e. The highest BCUT2D eigenvalue weighted by atomic mass is 16.4. The van der Waals surface area contributed by atoms with E-state index in [1.165, 1.54) is 6.92 Å². The van der Waals surface area contributed by atoms with Crippen molar-refractivity contribution >= 4 is 17.8 Å². The molecule has 1 saturated heterocycles. The zero-order chi connectivity index (χ0) is 16.1. The predicted octanol–water partition coefficient (Wildman–Crippen LogP) is 1.26. The molecule has 0 aliphatic carbocycles. The van der Waals surface area contributed by atoms with Gasteiger partial charge in [0, 0.05) is 32.1 Å². The second-order valence-electron chi connectivity index (χ2n) is 5.54. The van der Waals surface area contributed by atoms with Crippen molar-refractivity contribution in [1.82, 2.24) is 10.2 Å². The van der Waals surface area contributed by atoms with Crippen LogP contribution in [0, 0.1) is 5.92 Å². The largest absolute Gasteiger partial charge is 0.481 e. The molecule has 1 aliphatic heterocycles. The lowest BCUT2D eigenvalue weighted by atomic mass is 9.97. The molecular weight excluding hydrogens is 284 g/mol. The van der Waals surface area contributed by atoms with E-state index in [1.807, 2.05) is 0 Å². The van der Waals surface area contributed by atoms with Crippen LogP contribution >= 0.6 is 0 Å². The van der Waals surface area contributed by atoms with Crippen molar-refractivity contribution in [3.8, 4) is 0 Å². The minimum absolute atomic E-state index is 0.104. The molecule has 1 heterocycles. The van der Waals surface area contributed by atoms with Gasteiger partial charge >= 0.3 is 5.97 Å². The number of rotatable bonds is 4. The van der Waals surface area contributed by atoms with E-state index in [4.69, 9.17) is 5.11 Å². The van der Waals surface area contributed by atoms with Crippen molar-refractivity contribution in [1.29, 1.82) is 0 Å². The Morgan fingerprint density at radius 2 is 1.95 bits per heavy atom. The van der Waals surface area contributed by atoms with Gasteiger partial charge in [-0.1, -0.05) is 12.1 Å². The van der Waals surface area contributed by atoms with Gasteiger partial charge in [0.2, 0.25) is 5.91 Å². The van der Waals surface area contributed by atoms with Gasteiger partial charge in [0.25, 0.3) is 5.91 Å². The number of benzene rings is 1. The van der Waals surface area contributed by atoms with Crippen molar-refractivity contribution in [3.63, 3.8) is 0 Å². The van der Waals surface area contributed by atoms with Gasteiger partial charge in [-0.15, -0.1) is 0 Å². The van der Waals surface area contributed by atoms with E-state index in [1.54, 1.807) is 29.2 Å². The minimum atomic E-state index is -0.844. The average Bonchev–Trinajstić information content (AvgIpc) is 2.53. The quantitative estimate of drug-likeness (QED) is 0.876. The van der Waals surface area contributed by atoms with E-state index in [-0.39, 0.29) is 18.4 Å². The number of carboxylic acids is 1. The highest BCUT2D eigenvalue weighted by molar-refractivity contribution is 5.94. The van der Waals surface area contributed by atoms with Crippen LogP contribution in [0.15, 0.2) is 24.3 Å². The molecule has 1 fully saturated rings. The Morgan fingerprint density at radius 3 is 2.55 bits per heavy atom. The van der Waals surface area contributed by atoms with Crippen LogP contribution in [-0.4, -0.2) is 40.9 Å². The average molecular weight is 304 g/mol. The first-order chi connectivity index (χ1) is 10.5. The second-order valence-corrected chi connectivity index (χ2v) is 5.54. The molecule has 2 amide bonds. The fourth-order valence-electron chi connectivity index (χ4n) is 2.54. The SMILES string of the molecule is CC(=O)NCc1ccc(C(=O)N2CCCC(C(=O)O)C2)cc1. The summed E-state index contributed by atoms with van der Waals surface area (Å²) in [6.45, 7) is 2.74. The number of aliphatic carboxylic acids is 1. The van der Waals surface area contributed by atoms with Gasteiger partial charge in [0.1, 0.15) is 0 Å². The molecule has 1 aromatic carbocycles. The number of nitrogens with zero attached hydrogens (tertiary/aromatic N) is 1. The summed E-state index contributed by atoms with van der Waals surface area (Å²) in [4.78, 5) is 35.9. The number of piperidine rings is 1. The molecule has 0 radical (unpaired) electrons. The highest BCUT2D eigenvalue weighted by Crippen LogP contribution is 2.19. The van der Waals surface area contributed by atoms with Gasteiger partial charge in [-0.2, -0.15) is 0 Å². The van der Waals surface area contributed by atoms with Crippen LogP contribution in [0.4, 0.5) is 0 Å². The van der Waals surface area contributed by atoms with Gasteiger partial charge in [0.05, 0.1) is 5.92 Å². The molecule has 0 aromatic heterocycles. The molecule has 0 saturated carbocycles. The predicted molar refractivity (Wildman–Crippen MR) is 80.2 cm³/mol. The Balaban J connectivity index is 2.00. The molecule has 6 heteroatoms. The first kappa shape index (κ1) is 16.0. The van der Waals surface area contributed by atoms with Crippen LogP contribution in [0.5, 0.6) is 0 Å². The summed E-state index contributed by atoms with van der Waals surface area (Å²) in [5.41, 5.74) is 1.45. The van der Waals surface area contributed by atoms with Crippen LogP contribution < -0.4 is 5.32 Å². The normalized spacial score (nSPS) is 17.9. The molecule has 1 unspecified atom stereocenters. The van der Waals surface area contributed by atoms with E-state index >= 15 is 0 Å². The molecule has 118 valence electrons. The number of hydrogen-bond donors (Lipinski definition) is 2. The summed E-state index contributed by atoms with van der Waals surface area (Å²) in [5.74, 6) is -1.56. The van der Waals surface area contributed by atoms with Gasteiger partial charge in [-0.3, -0.25) is 14.4 Å². The Kier molecular flexibility index (Phi) is 5.14. The lowest BCUT2D eigenvalue weighted by Gasteiger charge is -2.30. The Bertz CT molecular complexity index is 568. The summed E-state index contributed by atoms with van der Waals surface area (Å²) >= 11 is 0.